The number of benzene rings is 1. The monoisotopic (exact) mass is 338 g/mol. The molecule has 1 amide bonds. The fourth-order valence-electron chi connectivity index (χ4n) is 3.17. The first-order valence-corrected chi connectivity index (χ1v) is 9.53. The summed E-state index contributed by atoms with van der Waals surface area (Å²) >= 11 is 0. The van der Waals surface area contributed by atoms with Crippen molar-refractivity contribution in [3.05, 3.63) is 29.8 Å². The number of hydrogen-bond acceptors (Lipinski definition) is 3. The molecule has 1 aromatic carbocycles. The lowest BCUT2D eigenvalue weighted by atomic mass is 10.1. The van der Waals surface area contributed by atoms with Crippen LogP contribution in [0.3, 0.4) is 0 Å². The number of nitrogens with zero attached hydrogens (tertiary/aromatic N) is 2. The average molecular weight is 338 g/mol. The summed E-state index contributed by atoms with van der Waals surface area (Å²) in [5.41, 5.74) is 1.02. The Hall–Kier alpha value is -1.40. The molecule has 6 heteroatoms. The number of carbonyl (C=O) groups is 1. The van der Waals surface area contributed by atoms with E-state index in [1.807, 2.05) is 34.6 Å². The number of sulfonamides is 1. The van der Waals surface area contributed by atoms with Crippen LogP contribution >= 0.6 is 0 Å². The van der Waals surface area contributed by atoms with Crippen molar-refractivity contribution in [2.75, 3.05) is 6.54 Å². The molecule has 2 rings (SSSR count). The number of hydrogen-bond donors (Lipinski definition) is 0. The third-order valence-electron chi connectivity index (χ3n) is 4.31. The lowest BCUT2D eigenvalue weighted by molar-refractivity contribution is -0.135. The summed E-state index contributed by atoms with van der Waals surface area (Å²) in [5, 5.41) is 0. The van der Waals surface area contributed by atoms with Crippen LogP contribution in [-0.4, -0.2) is 42.3 Å². The van der Waals surface area contributed by atoms with Gasteiger partial charge in [0.1, 0.15) is 6.17 Å². The predicted octanol–water partition coefficient (Wildman–Crippen LogP) is 2.61. The highest BCUT2D eigenvalue weighted by Gasteiger charge is 2.46. The van der Waals surface area contributed by atoms with Gasteiger partial charge in [0, 0.05) is 19.0 Å². The van der Waals surface area contributed by atoms with Crippen molar-refractivity contribution in [2.45, 2.75) is 58.1 Å². The highest BCUT2D eigenvalue weighted by molar-refractivity contribution is 7.89. The predicted molar refractivity (Wildman–Crippen MR) is 90.3 cm³/mol. The Morgan fingerprint density at radius 1 is 1.26 bits per heavy atom. The molecule has 0 bridgehead atoms. The number of rotatable bonds is 4. The summed E-state index contributed by atoms with van der Waals surface area (Å²) < 4.78 is 27.6. The molecule has 0 spiro atoms. The molecule has 0 N–H and O–H groups in total. The van der Waals surface area contributed by atoms with E-state index in [0.717, 1.165) is 5.56 Å². The third kappa shape index (κ3) is 3.28. The van der Waals surface area contributed by atoms with Gasteiger partial charge in [-0.1, -0.05) is 38.5 Å². The van der Waals surface area contributed by atoms with Gasteiger partial charge >= 0.3 is 0 Å². The standard InChI is InChI=1S/C17H26N2O3S/c1-6-16(20)19-14(5)11-18(17(19)12(2)3)23(21,22)15-9-7-13(4)8-10-15/h7-10,12,14,17H,6,11H2,1-5H3/t14-,17-/m1/s1. The first-order chi connectivity index (χ1) is 10.7. The maximum atomic E-state index is 13.1. The molecule has 1 heterocycles. The quantitative estimate of drug-likeness (QED) is 0.848. The molecule has 1 aliphatic rings. The minimum absolute atomic E-state index is 0.00203. The third-order valence-corrected chi connectivity index (χ3v) is 6.16. The first kappa shape index (κ1) is 17.9. The van der Waals surface area contributed by atoms with Crippen LogP contribution in [0.4, 0.5) is 0 Å². The van der Waals surface area contributed by atoms with E-state index in [4.69, 9.17) is 0 Å². The van der Waals surface area contributed by atoms with Crippen LogP contribution in [0.25, 0.3) is 0 Å². The van der Waals surface area contributed by atoms with Gasteiger partial charge in [-0.2, -0.15) is 4.31 Å². The topological polar surface area (TPSA) is 57.7 Å². The summed E-state index contributed by atoms with van der Waals surface area (Å²) in [6.45, 7) is 9.89. The fourth-order valence-corrected chi connectivity index (χ4v) is 4.96. The van der Waals surface area contributed by atoms with Gasteiger partial charge in [0.05, 0.1) is 4.90 Å². The van der Waals surface area contributed by atoms with E-state index in [0.29, 0.717) is 13.0 Å². The highest BCUT2D eigenvalue weighted by atomic mass is 32.2. The maximum absolute atomic E-state index is 13.1. The van der Waals surface area contributed by atoms with Crippen LogP contribution in [0, 0.1) is 12.8 Å². The Labute approximate surface area is 139 Å². The van der Waals surface area contributed by atoms with Crippen LogP contribution in [0.1, 0.15) is 39.7 Å². The second-order valence-corrected chi connectivity index (χ2v) is 8.44. The minimum Gasteiger partial charge on any atom is -0.322 e. The molecule has 0 radical (unpaired) electrons. The van der Waals surface area contributed by atoms with Crippen molar-refractivity contribution in [1.29, 1.82) is 0 Å². The molecule has 1 aromatic rings. The van der Waals surface area contributed by atoms with Crippen LogP contribution in [0.5, 0.6) is 0 Å². The van der Waals surface area contributed by atoms with Crippen molar-refractivity contribution in [2.24, 2.45) is 5.92 Å². The van der Waals surface area contributed by atoms with E-state index in [9.17, 15) is 13.2 Å². The van der Waals surface area contributed by atoms with Gasteiger partial charge in [-0.05, 0) is 31.9 Å². The summed E-state index contributed by atoms with van der Waals surface area (Å²) in [4.78, 5) is 14.3. The van der Waals surface area contributed by atoms with E-state index >= 15 is 0 Å². The fraction of sp³-hybridized carbons (Fsp3) is 0.588. The Balaban J connectivity index is 2.44. The molecular weight excluding hydrogens is 312 g/mol. The molecule has 0 aromatic heterocycles. The lowest BCUT2D eigenvalue weighted by Gasteiger charge is -2.33. The summed E-state index contributed by atoms with van der Waals surface area (Å²) in [6, 6.07) is 6.75. The van der Waals surface area contributed by atoms with E-state index < -0.39 is 16.2 Å². The number of carbonyl (C=O) groups excluding carboxylic acids is 1. The SMILES string of the molecule is CCC(=O)N1[C@H](C)CN(S(=O)(=O)c2ccc(C)cc2)[C@H]1C(C)C. The molecule has 5 nitrogen and oxygen atoms in total. The molecule has 2 atom stereocenters. The molecule has 128 valence electrons. The van der Waals surface area contributed by atoms with Gasteiger partial charge in [-0.3, -0.25) is 4.79 Å². The molecule has 0 aliphatic carbocycles. The molecule has 1 fully saturated rings. The molecule has 1 aliphatic heterocycles. The van der Waals surface area contributed by atoms with Crippen LogP contribution in [0.2, 0.25) is 0 Å². The minimum atomic E-state index is -3.62. The summed E-state index contributed by atoms with van der Waals surface area (Å²) in [6.07, 6.45) is -0.0461. The van der Waals surface area contributed by atoms with Crippen LogP contribution in [-0.2, 0) is 14.8 Å². The maximum Gasteiger partial charge on any atom is 0.244 e. The average Bonchev–Trinajstić information content (AvgIpc) is 2.85. The van der Waals surface area contributed by atoms with Crippen molar-refractivity contribution >= 4 is 15.9 Å². The van der Waals surface area contributed by atoms with Crippen LogP contribution < -0.4 is 0 Å². The lowest BCUT2D eigenvalue weighted by Crippen LogP contribution is -2.48. The molecule has 0 unspecified atom stereocenters. The Morgan fingerprint density at radius 2 is 1.83 bits per heavy atom. The largest absolute Gasteiger partial charge is 0.322 e. The Kier molecular flexibility index (Phi) is 5.16. The van der Waals surface area contributed by atoms with Crippen molar-refractivity contribution in [1.82, 2.24) is 9.21 Å². The zero-order chi connectivity index (χ0) is 17.4. The van der Waals surface area contributed by atoms with Gasteiger partial charge in [0.15, 0.2) is 0 Å². The molecule has 0 saturated carbocycles. The second-order valence-electron chi connectivity index (χ2n) is 6.55. The molecular formula is C17H26N2O3S. The van der Waals surface area contributed by atoms with Gasteiger partial charge in [0.2, 0.25) is 15.9 Å². The van der Waals surface area contributed by atoms with Gasteiger partial charge in [0.25, 0.3) is 0 Å². The van der Waals surface area contributed by atoms with Gasteiger partial charge in [-0.15, -0.1) is 0 Å². The molecule has 1 saturated heterocycles. The summed E-state index contributed by atoms with van der Waals surface area (Å²) in [7, 11) is -3.62. The van der Waals surface area contributed by atoms with Gasteiger partial charge in [-0.25, -0.2) is 8.42 Å². The highest BCUT2D eigenvalue weighted by Crippen LogP contribution is 2.32. The zero-order valence-corrected chi connectivity index (χ0v) is 15.3. The zero-order valence-electron chi connectivity index (χ0n) is 14.5. The van der Waals surface area contributed by atoms with E-state index in [-0.39, 0.29) is 22.8 Å². The van der Waals surface area contributed by atoms with E-state index in [1.165, 1.54) is 4.31 Å². The van der Waals surface area contributed by atoms with Crippen molar-refractivity contribution < 1.29 is 13.2 Å². The normalized spacial score (nSPS) is 22.8. The van der Waals surface area contributed by atoms with E-state index in [2.05, 4.69) is 0 Å². The van der Waals surface area contributed by atoms with Crippen molar-refractivity contribution in [3.8, 4) is 0 Å². The van der Waals surface area contributed by atoms with E-state index in [1.54, 1.807) is 29.2 Å². The first-order valence-electron chi connectivity index (χ1n) is 8.09. The summed E-state index contributed by atoms with van der Waals surface area (Å²) in [5.74, 6) is 0.0217. The Morgan fingerprint density at radius 3 is 2.30 bits per heavy atom. The second kappa shape index (κ2) is 6.61. The van der Waals surface area contributed by atoms with Crippen LogP contribution in [0.15, 0.2) is 29.2 Å². The smallest absolute Gasteiger partial charge is 0.244 e. The number of amides is 1. The Bertz CT molecular complexity index is 668. The number of aryl methyl sites for hydroxylation is 1. The van der Waals surface area contributed by atoms with Gasteiger partial charge < -0.3 is 4.90 Å². The molecule has 23 heavy (non-hydrogen) atoms. The van der Waals surface area contributed by atoms with Crippen molar-refractivity contribution in [3.63, 3.8) is 0 Å².